The highest BCUT2D eigenvalue weighted by Crippen LogP contribution is 2.27. The molecule has 0 fully saturated rings. The molecule has 1 rings (SSSR count). The second kappa shape index (κ2) is 5.41. The van der Waals surface area contributed by atoms with Gasteiger partial charge < -0.3 is 0 Å². The molecule has 0 atom stereocenters. The van der Waals surface area contributed by atoms with E-state index < -0.39 is 31.3 Å². The summed E-state index contributed by atoms with van der Waals surface area (Å²) in [7, 11) is -5.09. The van der Waals surface area contributed by atoms with Crippen LogP contribution in [-0.4, -0.2) is 31.3 Å². The zero-order valence-electron chi connectivity index (χ0n) is 14.1. The SMILES string of the molecule is C[Si]1(C)C#CC[Si](C)(C)[Si](C)(C)CC#C[Si](C)(C)C1. The van der Waals surface area contributed by atoms with E-state index in [4.69, 9.17) is 0 Å². The fourth-order valence-corrected chi connectivity index (χ4v) is 19.1. The maximum absolute atomic E-state index is 3.72. The molecule has 0 saturated heterocycles. The smallest absolute Gasteiger partial charge is 0.130 e. The predicted molar refractivity (Wildman–Crippen MR) is 99.9 cm³/mol. The van der Waals surface area contributed by atoms with E-state index in [0.29, 0.717) is 0 Å². The zero-order chi connectivity index (χ0) is 14.9. The van der Waals surface area contributed by atoms with Gasteiger partial charge in [0.2, 0.25) is 0 Å². The molecular formula is C15H30Si4. The Morgan fingerprint density at radius 3 is 1.21 bits per heavy atom. The Morgan fingerprint density at radius 1 is 0.579 bits per heavy atom. The van der Waals surface area contributed by atoms with Crippen molar-refractivity contribution in [3.63, 3.8) is 0 Å². The maximum Gasteiger partial charge on any atom is 0.130 e. The molecule has 0 aromatic rings. The first kappa shape index (κ1) is 17.0. The third-order valence-electron chi connectivity index (χ3n) is 4.63. The fraction of sp³-hybridized carbons (Fsp3) is 0.733. The molecule has 0 aliphatic carbocycles. The molecule has 0 nitrogen and oxygen atoms in total. The zero-order valence-corrected chi connectivity index (χ0v) is 18.1. The summed E-state index contributed by atoms with van der Waals surface area (Å²) in [6.07, 6.45) is 0. The summed E-state index contributed by atoms with van der Waals surface area (Å²) in [5.41, 5.74) is 8.77. The van der Waals surface area contributed by atoms with Gasteiger partial charge in [0.15, 0.2) is 0 Å². The number of rotatable bonds is 0. The largest absolute Gasteiger partial charge is 0.132 e. The first-order chi connectivity index (χ1) is 8.37. The van der Waals surface area contributed by atoms with Crippen molar-refractivity contribution in [2.45, 2.75) is 70.1 Å². The van der Waals surface area contributed by atoms with Gasteiger partial charge in [0, 0.05) is 12.1 Å². The summed E-state index contributed by atoms with van der Waals surface area (Å²) in [4.78, 5) is 0. The van der Waals surface area contributed by atoms with Crippen LogP contribution >= 0.6 is 0 Å². The van der Waals surface area contributed by atoms with Crippen molar-refractivity contribution in [1.29, 1.82) is 0 Å². The Hall–Kier alpha value is -0.0125. The van der Waals surface area contributed by atoms with Gasteiger partial charge in [-0.1, -0.05) is 52.4 Å². The molecule has 1 aliphatic rings. The molecule has 0 amide bonds. The second-order valence-corrected chi connectivity index (χ2v) is 34.5. The Balaban J connectivity index is 3.21. The molecule has 0 unspecified atom stereocenters. The molecule has 1 heterocycles. The average molecular weight is 323 g/mol. The van der Waals surface area contributed by atoms with Crippen LogP contribution in [-0.2, 0) is 0 Å². The van der Waals surface area contributed by atoms with Gasteiger partial charge in [-0.2, -0.15) is 0 Å². The maximum atomic E-state index is 3.72. The minimum atomic E-state index is -1.36. The summed E-state index contributed by atoms with van der Waals surface area (Å²) in [5, 5.41) is 0. The Labute approximate surface area is 124 Å². The Bertz CT molecular complexity index is 420. The monoisotopic (exact) mass is 322 g/mol. The van der Waals surface area contributed by atoms with Crippen LogP contribution in [0.25, 0.3) is 0 Å². The van der Waals surface area contributed by atoms with Crippen LogP contribution in [0.2, 0.25) is 70.1 Å². The normalized spacial score (nSPS) is 26.9. The molecule has 19 heavy (non-hydrogen) atoms. The Morgan fingerprint density at radius 2 is 0.895 bits per heavy atom. The van der Waals surface area contributed by atoms with E-state index in [9.17, 15) is 0 Å². The van der Waals surface area contributed by atoms with Gasteiger partial charge in [0.05, 0.1) is 15.2 Å². The van der Waals surface area contributed by atoms with Gasteiger partial charge in [-0.15, -0.1) is 22.9 Å². The van der Waals surface area contributed by atoms with Crippen molar-refractivity contribution in [1.82, 2.24) is 0 Å². The van der Waals surface area contributed by atoms with Gasteiger partial charge in [-0.3, -0.25) is 0 Å². The predicted octanol–water partition coefficient (Wildman–Crippen LogP) is 4.54. The molecule has 0 bridgehead atoms. The molecular weight excluding hydrogens is 293 g/mol. The van der Waals surface area contributed by atoms with Gasteiger partial charge in [-0.05, 0) is 5.67 Å². The first-order valence-corrected chi connectivity index (χ1v) is 21.2. The fourth-order valence-electron chi connectivity index (χ4n) is 2.68. The van der Waals surface area contributed by atoms with Crippen molar-refractivity contribution in [2.75, 3.05) is 0 Å². The molecule has 0 N–H and O–H groups in total. The topological polar surface area (TPSA) is 0 Å². The minimum Gasteiger partial charge on any atom is -0.132 e. The molecule has 0 aromatic heterocycles. The van der Waals surface area contributed by atoms with Crippen molar-refractivity contribution < 1.29 is 0 Å². The molecule has 0 saturated carbocycles. The van der Waals surface area contributed by atoms with Crippen LogP contribution in [0.3, 0.4) is 0 Å². The lowest BCUT2D eigenvalue weighted by atomic mass is 10.8. The van der Waals surface area contributed by atoms with Gasteiger partial charge in [0.25, 0.3) is 0 Å². The lowest BCUT2D eigenvalue weighted by molar-refractivity contribution is 1.55. The molecule has 0 radical (unpaired) electrons. The van der Waals surface area contributed by atoms with Crippen LogP contribution in [0.1, 0.15) is 0 Å². The van der Waals surface area contributed by atoms with Crippen LogP contribution in [0.15, 0.2) is 0 Å². The quantitative estimate of drug-likeness (QED) is 0.454. The van der Waals surface area contributed by atoms with E-state index in [1.165, 1.54) is 17.8 Å². The van der Waals surface area contributed by atoms with Gasteiger partial charge >= 0.3 is 0 Å². The van der Waals surface area contributed by atoms with E-state index >= 15 is 0 Å². The highest BCUT2D eigenvalue weighted by molar-refractivity contribution is 7.41. The van der Waals surface area contributed by atoms with E-state index in [1.807, 2.05) is 0 Å². The molecule has 0 aromatic carbocycles. The van der Waals surface area contributed by atoms with Crippen LogP contribution in [0.5, 0.6) is 0 Å². The minimum absolute atomic E-state index is 1.19. The highest BCUT2D eigenvalue weighted by atomic mass is 29.3. The van der Waals surface area contributed by atoms with Crippen molar-refractivity contribution in [3.8, 4) is 22.9 Å². The van der Waals surface area contributed by atoms with E-state index in [2.05, 4.69) is 75.3 Å². The number of hydrogen-bond acceptors (Lipinski definition) is 0. The summed E-state index contributed by atoms with van der Waals surface area (Å²) >= 11 is 0. The molecule has 106 valence electrons. The molecule has 1 aliphatic heterocycles. The number of hydrogen-bond donors (Lipinski definition) is 0. The van der Waals surface area contributed by atoms with Gasteiger partial charge in [0.1, 0.15) is 16.1 Å². The van der Waals surface area contributed by atoms with Crippen LogP contribution in [0, 0.1) is 22.9 Å². The summed E-state index contributed by atoms with van der Waals surface area (Å²) in [5.74, 6) is 7.26. The highest BCUT2D eigenvalue weighted by Gasteiger charge is 2.40. The summed E-state index contributed by atoms with van der Waals surface area (Å²) in [6, 6.07) is 2.40. The standard InChI is InChI=1S/C15H30Si4/c1-16(2)11-9-13-18(5,6)19(7,8)14-10-12-17(3,4)15-16/h13-15H2,1-8H3. The Kier molecular flexibility index (Phi) is 4.85. The summed E-state index contributed by atoms with van der Waals surface area (Å²) in [6.45, 7) is 19.9. The molecule has 0 spiro atoms. The van der Waals surface area contributed by atoms with E-state index in [1.54, 1.807) is 0 Å². The third-order valence-corrected chi connectivity index (χ3v) is 31.2. The molecule has 4 heteroatoms. The van der Waals surface area contributed by atoms with E-state index in [0.717, 1.165) is 0 Å². The second-order valence-electron chi connectivity index (χ2n) is 8.67. The first-order valence-electron chi connectivity index (χ1n) is 7.37. The van der Waals surface area contributed by atoms with Crippen molar-refractivity contribution in [3.05, 3.63) is 0 Å². The van der Waals surface area contributed by atoms with Gasteiger partial charge in [-0.25, -0.2) is 0 Å². The van der Waals surface area contributed by atoms with Crippen LogP contribution < -0.4 is 0 Å². The lowest BCUT2D eigenvalue weighted by Crippen LogP contribution is -2.54. The average Bonchev–Trinajstić information content (AvgIpc) is 2.12. The van der Waals surface area contributed by atoms with Crippen molar-refractivity contribution in [2.24, 2.45) is 0 Å². The third kappa shape index (κ3) is 4.79. The van der Waals surface area contributed by atoms with Crippen molar-refractivity contribution >= 4 is 31.3 Å². The van der Waals surface area contributed by atoms with Crippen LogP contribution in [0.4, 0.5) is 0 Å². The summed E-state index contributed by atoms with van der Waals surface area (Å²) < 4.78 is 0. The lowest BCUT2D eigenvalue weighted by Gasteiger charge is -2.35. The van der Waals surface area contributed by atoms with E-state index in [-0.39, 0.29) is 0 Å².